The Balaban J connectivity index is 2.01. The number of hydrogen-bond donors (Lipinski definition) is 1. The molecule has 5 nitrogen and oxygen atoms in total. The molecule has 0 amide bonds. The molecule has 1 aromatic heterocycles. The van der Waals surface area contributed by atoms with Crippen LogP contribution in [0.1, 0.15) is 17.8 Å². The third-order valence-electron chi connectivity index (χ3n) is 4.76. The van der Waals surface area contributed by atoms with E-state index in [1.807, 2.05) is 61.5 Å². The van der Waals surface area contributed by atoms with Crippen molar-refractivity contribution in [1.82, 2.24) is 9.55 Å². The molecule has 1 N–H and O–H groups in total. The Hall–Kier alpha value is -2.66. The first-order valence-corrected chi connectivity index (χ1v) is 8.01. The van der Waals surface area contributed by atoms with E-state index in [4.69, 9.17) is 0 Å². The van der Waals surface area contributed by atoms with Gasteiger partial charge in [0.15, 0.2) is 5.60 Å². The first-order valence-electron chi connectivity index (χ1n) is 8.01. The predicted octanol–water partition coefficient (Wildman–Crippen LogP) is 2.10. The summed E-state index contributed by atoms with van der Waals surface area (Å²) in [5.74, 6) is 0.431. The molecule has 1 aliphatic rings. The molecule has 24 heavy (non-hydrogen) atoms. The van der Waals surface area contributed by atoms with E-state index in [2.05, 4.69) is 4.98 Å². The van der Waals surface area contributed by atoms with Crippen molar-refractivity contribution in [2.45, 2.75) is 18.6 Å². The molecule has 122 valence electrons. The number of hydrogen-bond acceptors (Lipinski definition) is 4. The topological polar surface area (TPSA) is 58.4 Å². The first-order chi connectivity index (χ1) is 11.5. The van der Waals surface area contributed by atoms with Crippen LogP contribution in [0.4, 0.5) is 5.69 Å². The molecule has 0 bridgehead atoms. The van der Waals surface area contributed by atoms with Crippen LogP contribution in [-0.2, 0) is 12.1 Å². The normalized spacial score (nSPS) is 19.5. The predicted molar refractivity (Wildman–Crippen MR) is 94.4 cm³/mol. The molecule has 4 rings (SSSR count). The summed E-state index contributed by atoms with van der Waals surface area (Å²) in [7, 11) is 3.89. The average Bonchev–Trinajstić information content (AvgIpc) is 2.94. The molecule has 0 saturated heterocycles. The number of nitrogens with zero attached hydrogens (tertiary/aromatic N) is 3. The highest BCUT2D eigenvalue weighted by Gasteiger charge is 2.43. The van der Waals surface area contributed by atoms with Crippen LogP contribution in [0.5, 0.6) is 0 Å². The Labute approximate surface area is 139 Å². The fourth-order valence-electron chi connectivity index (χ4n) is 3.55. The Bertz CT molecular complexity index is 993. The lowest BCUT2D eigenvalue weighted by Crippen LogP contribution is -2.31. The third-order valence-corrected chi connectivity index (χ3v) is 4.76. The molecule has 0 aliphatic carbocycles. The van der Waals surface area contributed by atoms with Crippen LogP contribution >= 0.6 is 0 Å². The van der Waals surface area contributed by atoms with Gasteiger partial charge in [0.2, 0.25) is 0 Å². The first kappa shape index (κ1) is 14.9. The number of anilines is 1. The number of aromatic nitrogens is 2. The van der Waals surface area contributed by atoms with E-state index >= 15 is 0 Å². The van der Waals surface area contributed by atoms with Crippen molar-refractivity contribution in [3.8, 4) is 0 Å². The summed E-state index contributed by atoms with van der Waals surface area (Å²) >= 11 is 0. The molecule has 2 heterocycles. The van der Waals surface area contributed by atoms with E-state index in [-0.39, 0.29) is 5.56 Å². The molecular weight excluding hydrogens is 302 g/mol. The minimum Gasteiger partial charge on any atom is -0.377 e. The van der Waals surface area contributed by atoms with Gasteiger partial charge in [0.05, 0.1) is 10.9 Å². The summed E-state index contributed by atoms with van der Waals surface area (Å²) in [4.78, 5) is 19.4. The summed E-state index contributed by atoms with van der Waals surface area (Å²) < 4.78 is 1.61. The van der Waals surface area contributed by atoms with Crippen molar-refractivity contribution in [1.29, 1.82) is 0 Å². The molecule has 1 aliphatic heterocycles. The van der Waals surface area contributed by atoms with Gasteiger partial charge in [0, 0.05) is 38.3 Å². The van der Waals surface area contributed by atoms with Gasteiger partial charge >= 0.3 is 0 Å². The van der Waals surface area contributed by atoms with Crippen molar-refractivity contribution < 1.29 is 5.11 Å². The zero-order valence-electron chi connectivity index (χ0n) is 13.7. The van der Waals surface area contributed by atoms with Crippen molar-refractivity contribution in [2.75, 3.05) is 19.0 Å². The number of benzene rings is 2. The summed E-state index contributed by atoms with van der Waals surface area (Å²) in [6.45, 7) is 0.463. The number of para-hydroxylation sites is 2. The molecule has 5 heteroatoms. The molecular formula is C19H19N3O2. The van der Waals surface area contributed by atoms with Crippen LogP contribution in [-0.4, -0.2) is 28.8 Å². The summed E-state index contributed by atoms with van der Waals surface area (Å²) in [5, 5.41) is 12.1. The van der Waals surface area contributed by atoms with Crippen molar-refractivity contribution in [2.24, 2.45) is 0 Å². The molecule has 0 saturated carbocycles. The molecule has 0 fully saturated rings. The second kappa shape index (κ2) is 5.18. The lowest BCUT2D eigenvalue weighted by Gasteiger charge is -2.28. The van der Waals surface area contributed by atoms with E-state index in [0.29, 0.717) is 29.7 Å². The fraction of sp³-hybridized carbons (Fsp3) is 0.263. The Morgan fingerprint density at radius 3 is 2.62 bits per heavy atom. The van der Waals surface area contributed by atoms with Crippen LogP contribution in [0.25, 0.3) is 10.9 Å². The second-order valence-corrected chi connectivity index (χ2v) is 6.43. The van der Waals surface area contributed by atoms with Crippen LogP contribution < -0.4 is 10.5 Å². The van der Waals surface area contributed by atoms with Gasteiger partial charge in [-0.2, -0.15) is 0 Å². The van der Waals surface area contributed by atoms with E-state index < -0.39 is 5.60 Å². The maximum atomic E-state index is 12.8. The third kappa shape index (κ3) is 1.98. The van der Waals surface area contributed by atoms with E-state index in [1.165, 1.54) is 0 Å². The Morgan fingerprint density at radius 2 is 1.83 bits per heavy atom. The van der Waals surface area contributed by atoms with Gasteiger partial charge in [-0.05, 0) is 18.2 Å². The Kier molecular flexibility index (Phi) is 3.21. The highest BCUT2D eigenvalue weighted by molar-refractivity contribution is 5.77. The zero-order valence-corrected chi connectivity index (χ0v) is 13.7. The van der Waals surface area contributed by atoms with Crippen molar-refractivity contribution in [3.63, 3.8) is 0 Å². The maximum Gasteiger partial charge on any atom is 0.261 e. The highest BCUT2D eigenvalue weighted by atomic mass is 16.3. The quantitative estimate of drug-likeness (QED) is 0.785. The van der Waals surface area contributed by atoms with Gasteiger partial charge in [0.25, 0.3) is 5.56 Å². The van der Waals surface area contributed by atoms with Crippen LogP contribution in [0.15, 0.2) is 53.3 Å². The highest BCUT2D eigenvalue weighted by Crippen LogP contribution is 2.41. The number of aliphatic hydroxyl groups is 1. The minimum atomic E-state index is -1.26. The second-order valence-electron chi connectivity index (χ2n) is 6.43. The molecule has 3 aromatic rings. The van der Waals surface area contributed by atoms with Gasteiger partial charge in [-0.3, -0.25) is 9.36 Å². The van der Waals surface area contributed by atoms with Gasteiger partial charge in [-0.25, -0.2) is 4.98 Å². The van der Waals surface area contributed by atoms with E-state index in [0.717, 1.165) is 11.3 Å². The van der Waals surface area contributed by atoms with Gasteiger partial charge in [-0.1, -0.05) is 30.3 Å². The fourth-order valence-corrected chi connectivity index (χ4v) is 3.55. The largest absolute Gasteiger partial charge is 0.377 e. The molecule has 0 spiro atoms. The van der Waals surface area contributed by atoms with Crippen LogP contribution in [0.2, 0.25) is 0 Å². The van der Waals surface area contributed by atoms with Gasteiger partial charge in [-0.15, -0.1) is 0 Å². The molecule has 2 aromatic carbocycles. The Morgan fingerprint density at radius 1 is 1.12 bits per heavy atom. The standard InChI is InChI=1S/C19H19N3O2/c1-21(2)16-10-6-4-8-14(16)19(24)11-12-22-17(23)13-7-3-5-9-15(13)20-18(19)22/h3-10,24H,11-12H2,1-2H3. The summed E-state index contributed by atoms with van der Waals surface area (Å²) in [6, 6.07) is 15.0. The summed E-state index contributed by atoms with van der Waals surface area (Å²) in [6.07, 6.45) is 0.441. The number of fused-ring (bicyclic) bond motifs is 2. The molecule has 0 radical (unpaired) electrons. The average molecular weight is 321 g/mol. The van der Waals surface area contributed by atoms with Crippen molar-refractivity contribution in [3.05, 3.63) is 70.3 Å². The lowest BCUT2D eigenvalue weighted by molar-refractivity contribution is 0.0791. The van der Waals surface area contributed by atoms with Crippen LogP contribution in [0.3, 0.4) is 0 Å². The van der Waals surface area contributed by atoms with Crippen molar-refractivity contribution >= 4 is 16.6 Å². The number of rotatable bonds is 2. The zero-order chi connectivity index (χ0) is 16.9. The summed E-state index contributed by atoms with van der Waals surface area (Å²) in [5.41, 5.74) is 0.980. The SMILES string of the molecule is CN(C)c1ccccc1C1(O)CCn2c1nc1ccccc1c2=O. The molecule has 1 atom stereocenters. The lowest BCUT2D eigenvalue weighted by atomic mass is 9.90. The van der Waals surface area contributed by atoms with Crippen LogP contribution in [0, 0.1) is 0 Å². The maximum absolute atomic E-state index is 12.8. The van der Waals surface area contributed by atoms with E-state index in [9.17, 15) is 9.90 Å². The minimum absolute atomic E-state index is 0.0890. The van der Waals surface area contributed by atoms with E-state index in [1.54, 1.807) is 10.6 Å². The van der Waals surface area contributed by atoms with Gasteiger partial charge in [0.1, 0.15) is 5.82 Å². The van der Waals surface area contributed by atoms with Gasteiger partial charge < -0.3 is 10.0 Å². The smallest absolute Gasteiger partial charge is 0.261 e. The molecule has 1 unspecified atom stereocenters. The monoisotopic (exact) mass is 321 g/mol.